The molecular weight excluding hydrogens is 370 g/mol. The molecule has 0 amide bonds. The second-order valence-electron chi connectivity index (χ2n) is 6.71. The van der Waals surface area contributed by atoms with Crippen molar-refractivity contribution in [3.63, 3.8) is 0 Å². The third kappa shape index (κ3) is 4.02. The first-order chi connectivity index (χ1) is 12.6. The van der Waals surface area contributed by atoms with Gasteiger partial charge in [0.25, 0.3) is 0 Å². The Balaban J connectivity index is 1.67. The van der Waals surface area contributed by atoms with Gasteiger partial charge in [-0.25, -0.2) is 4.79 Å². The van der Waals surface area contributed by atoms with Crippen molar-refractivity contribution in [2.24, 2.45) is 0 Å². The number of rotatable bonds is 7. The van der Waals surface area contributed by atoms with Crippen LogP contribution in [0.15, 0.2) is 35.0 Å². The highest BCUT2D eigenvalue weighted by atomic mass is 32.1. The number of carbonyl (C=O) groups is 1. The summed E-state index contributed by atoms with van der Waals surface area (Å²) < 4.78 is 5.75. The number of aliphatic hydroxyl groups excluding tert-OH is 1. The molecule has 0 atom stereocenters. The molecule has 0 aromatic carbocycles. The molecule has 142 valence electrons. The van der Waals surface area contributed by atoms with Gasteiger partial charge in [-0.05, 0) is 55.6 Å². The quantitative estimate of drug-likeness (QED) is 0.706. The van der Waals surface area contributed by atoms with E-state index in [4.69, 9.17) is 9.84 Å². The Hall–Kier alpha value is -1.25. The highest BCUT2D eigenvalue weighted by molar-refractivity contribution is 7.12. The lowest BCUT2D eigenvalue weighted by Gasteiger charge is -2.35. The summed E-state index contributed by atoms with van der Waals surface area (Å²) >= 11 is 2.71. The normalized spacial score (nSPS) is 21.1. The Morgan fingerprint density at radius 1 is 1.19 bits per heavy atom. The standard InChI is InChI=1S/C19H25NO4S2/c1-20(10-11-21)14-6-8-15(9-7-14)24-18(22)19(23,16-4-2-12-25-16)17-5-3-13-26-17/h2-5,12-15,21,23H,6-11H2,1H3. The molecule has 2 heterocycles. The van der Waals surface area contributed by atoms with E-state index in [2.05, 4.69) is 4.90 Å². The van der Waals surface area contributed by atoms with E-state index in [1.165, 1.54) is 22.7 Å². The van der Waals surface area contributed by atoms with E-state index in [9.17, 15) is 9.90 Å². The van der Waals surface area contributed by atoms with Crippen LogP contribution in [-0.4, -0.2) is 53.4 Å². The van der Waals surface area contributed by atoms with E-state index in [1.54, 1.807) is 12.1 Å². The molecule has 0 aliphatic heterocycles. The van der Waals surface area contributed by atoms with Gasteiger partial charge in [-0.15, -0.1) is 22.7 Å². The Bertz CT molecular complexity index is 644. The average Bonchev–Trinajstić information content (AvgIpc) is 3.36. The van der Waals surface area contributed by atoms with Gasteiger partial charge in [-0.3, -0.25) is 0 Å². The molecule has 26 heavy (non-hydrogen) atoms. The van der Waals surface area contributed by atoms with Crippen molar-refractivity contribution >= 4 is 28.6 Å². The lowest BCUT2D eigenvalue weighted by Crippen LogP contribution is -2.42. The zero-order valence-corrected chi connectivity index (χ0v) is 16.5. The third-order valence-corrected chi connectivity index (χ3v) is 7.00. The van der Waals surface area contributed by atoms with Gasteiger partial charge in [0.05, 0.1) is 16.4 Å². The Labute approximate surface area is 161 Å². The van der Waals surface area contributed by atoms with Crippen LogP contribution < -0.4 is 0 Å². The van der Waals surface area contributed by atoms with Gasteiger partial charge in [-0.1, -0.05) is 12.1 Å². The minimum atomic E-state index is -1.73. The summed E-state index contributed by atoms with van der Waals surface area (Å²) in [5.41, 5.74) is -1.73. The summed E-state index contributed by atoms with van der Waals surface area (Å²) in [6, 6.07) is 7.60. The number of aliphatic hydroxyl groups is 2. The maximum absolute atomic E-state index is 12.9. The van der Waals surface area contributed by atoms with Crippen LogP contribution in [0.3, 0.4) is 0 Å². The van der Waals surface area contributed by atoms with E-state index in [-0.39, 0.29) is 12.7 Å². The summed E-state index contributed by atoms with van der Waals surface area (Å²) in [6.07, 6.45) is 3.22. The highest BCUT2D eigenvalue weighted by Gasteiger charge is 2.45. The number of ether oxygens (including phenoxy) is 1. The molecule has 0 saturated heterocycles. The van der Waals surface area contributed by atoms with Gasteiger partial charge in [0.15, 0.2) is 0 Å². The predicted octanol–water partition coefficient (Wildman–Crippen LogP) is 2.82. The van der Waals surface area contributed by atoms with Gasteiger partial charge in [0.2, 0.25) is 5.60 Å². The molecule has 2 aromatic heterocycles. The van der Waals surface area contributed by atoms with Crippen molar-refractivity contribution in [2.75, 3.05) is 20.2 Å². The molecular formula is C19H25NO4S2. The van der Waals surface area contributed by atoms with Crippen LogP contribution in [0, 0.1) is 0 Å². The van der Waals surface area contributed by atoms with Gasteiger partial charge >= 0.3 is 5.97 Å². The van der Waals surface area contributed by atoms with Crippen molar-refractivity contribution in [1.29, 1.82) is 0 Å². The first-order valence-corrected chi connectivity index (χ1v) is 10.6. The Kier molecular flexibility index (Phi) is 6.47. The smallest absolute Gasteiger partial charge is 0.349 e. The third-order valence-electron chi connectivity index (χ3n) is 5.04. The maximum Gasteiger partial charge on any atom is 0.349 e. The fourth-order valence-corrected chi connectivity index (χ4v) is 5.19. The van der Waals surface area contributed by atoms with Crippen LogP contribution in [0.4, 0.5) is 0 Å². The molecule has 2 aromatic rings. The van der Waals surface area contributed by atoms with Gasteiger partial charge < -0.3 is 19.8 Å². The number of nitrogens with zero attached hydrogens (tertiary/aromatic N) is 1. The van der Waals surface area contributed by atoms with Crippen molar-refractivity contribution < 1.29 is 19.7 Å². The maximum atomic E-state index is 12.9. The van der Waals surface area contributed by atoms with Crippen LogP contribution in [-0.2, 0) is 15.1 Å². The lowest BCUT2D eigenvalue weighted by molar-refractivity contribution is -0.169. The highest BCUT2D eigenvalue weighted by Crippen LogP contribution is 2.38. The van der Waals surface area contributed by atoms with Crippen LogP contribution in [0.5, 0.6) is 0 Å². The van der Waals surface area contributed by atoms with Gasteiger partial charge in [0.1, 0.15) is 6.10 Å². The van der Waals surface area contributed by atoms with E-state index in [1.807, 2.05) is 29.9 Å². The second kappa shape index (κ2) is 8.63. The van der Waals surface area contributed by atoms with Crippen molar-refractivity contribution in [1.82, 2.24) is 4.90 Å². The zero-order chi connectivity index (χ0) is 18.6. The molecule has 1 aliphatic rings. The molecule has 1 saturated carbocycles. The molecule has 0 spiro atoms. The number of carbonyl (C=O) groups excluding carboxylic acids is 1. The molecule has 1 fully saturated rings. The van der Waals surface area contributed by atoms with E-state index in [0.29, 0.717) is 22.3 Å². The van der Waals surface area contributed by atoms with Crippen molar-refractivity contribution in [3.8, 4) is 0 Å². The minimum Gasteiger partial charge on any atom is -0.460 e. The number of likely N-dealkylation sites (N-methyl/N-ethyl adjacent to an activating group) is 1. The fraction of sp³-hybridized carbons (Fsp3) is 0.526. The number of esters is 1. The molecule has 7 heteroatoms. The summed E-state index contributed by atoms with van der Waals surface area (Å²) in [5.74, 6) is -0.588. The Morgan fingerprint density at radius 2 is 1.77 bits per heavy atom. The molecule has 0 bridgehead atoms. The van der Waals surface area contributed by atoms with E-state index >= 15 is 0 Å². The minimum absolute atomic E-state index is 0.153. The van der Waals surface area contributed by atoms with Crippen LogP contribution in [0.1, 0.15) is 35.4 Å². The summed E-state index contributed by atoms with van der Waals surface area (Å²) in [7, 11) is 2.01. The lowest BCUT2D eigenvalue weighted by atomic mass is 9.91. The number of hydrogen-bond donors (Lipinski definition) is 2. The topological polar surface area (TPSA) is 70.0 Å². The molecule has 5 nitrogen and oxygen atoms in total. The number of thiophene rings is 2. The molecule has 3 rings (SSSR count). The second-order valence-corrected chi connectivity index (χ2v) is 8.60. The molecule has 1 aliphatic carbocycles. The zero-order valence-electron chi connectivity index (χ0n) is 14.8. The molecule has 0 unspecified atom stereocenters. The summed E-state index contributed by atoms with van der Waals surface area (Å²) in [6.45, 7) is 0.811. The first kappa shape index (κ1) is 19.5. The van der Waals surface area contributed by atoms with Crippen LogP contribution in [0.2, 0.25) is 0 Å². The van der Waals surface area contributed by atoms with Crippen molar-refractivity contribution in [2.45, 2.75) is 43.4 Å². The fourth-order valence-electron chi connectivity index (χ4n) is 3.47. The average molecular weight is 396 g/mol. The van der Waals surface area contributed by atoms with E-state index in [0.717, 1.165) is 25.7 Å². The van der Waals surface area contributed by atoms with Crippen LogP contribution in [0.25, 0.3) is 0 Å². The SMILES string of the molecule is CN(CCO)C1CCC(OC(=O)C(O)(c2cccs2)c2cccs2)CC1. The van der Waals surface area contributed by atoms with Gasteiger partial charge in [-0.2, -0.15) is 0 Å². The number of hydrogen-bond acceptors (Lipinski definition) is 7. The van der Waals surface area contributed by atoms with Gasteiger partial charge in [0, 0.05) is 12.6 Å². The largest absolute Gasteiger partial charge is 0.460 e. The first-order valence-electron chi connectivity index (χ1n) is 8.88. The summed E-state index contributed by atoms with van der Waals surface area (Å²) in [4.78, 5) is 16.3. The Morgan fingerprint density at radius 3 is 2.23 bits per heavy atom. The monoisotopic (exact) mass is 395 g/mol. The predicted molar refractivity (Wildman–Crippen MR) is 103 cm³/mol. The molecule has 2 N–H and O–H groups in total. The van der Waals surface area contributed by atoms with E-state index < -0.39 is 11.6 Å². The van der Waals surface area contributed by atoms with Crippen LogP contribution >= 0.6 is 22.7 Å². The van der Waals surface area contributed by atoms with Crippen molar-refractivity contribution in [3.05, 3.63) is 44.8 Å². The molecule has 0 radical (unpaired) electrons. The summed E-state index contributed by atoms with van der Waals surface area (Å²) in [5, 5.41) is 24.0.